The Balaban J connectivity index is 0.00000261. The van der Waals surface area contributed by atoms with Gasteiger partial charge in [-0.05, 0) is 37.9 Å². The van der Waals surface area contributed by atoms with Crippen LogP contribution < -0.4 is 10.6 Å². The van der Waals surface area contributed by atoms with Crippen LogP contribution in [0.15, 0.2) is 30.3 Å². The number of piperazine rings is 1. The van der Waals surface area contributed by atoms with E-state index in [4.69, 9.17) is 0 Å². The molecule has 1 aromatic rings. The number of carbonyl (C=O) groups excluding carboxylic acids is 2. The van der Waals surface area contributed by atoms with E-state index in [1.54, 1.807) is 0 Å². The van der Waals surface area contributed by atoms with Crippen molar-refractivity contribution in [3.63, 3.8) is 0 Å². The Morgan fingerprint density at radius 1 is 1.11 bits per heavy atom. The summed E-state index contributed by atoms with van der Waals surface area (Å²) < 4.78 is 0. The lowest BCUT2D eigenvalue weighted by molar-refractivity contribution is -0.126. The van der Waals surface area contributed by atoms with Gasteiger partial charge in [-0.3, -0.25) is 9.59 Å². The average Bonchev–Trinajstić information content (AvgIpc) is 2.72. The highest BCUT2D eigenvalue weighted by Gasteiger charge is 2.28. The summed E-state index contributed by atoms with van der Waals surface area (Å²) >= 11 is 0. The molecule has 2 aliphatic rings. The van der Waals surface area contributed by atoms with E-state index in [-0.39, 0.29) is 30.1 Å². The lowest BCUT2D eigenvalue weighted by Crippen LogP contribution is -2.46. The third-order valence-electron chi connectivity index (χ3n) is 5.26. The molecule has 2 heterocycles. The van der Waals surface area contributed by atoms with Crippen LogP contribution in [0.4, 0.5) is 0 Å². The maximum Gasteiger partial charge on any atom is 0.253 e. The van der Waals surface area contributed by atoms with Crippen LogP contribution in [-0.4, -0.2) is 74.0 Å². The van der Waals surface area contributed by atoms with Crippen molar-refractivity contribution in [3.05, 3.63) is 35.9 Å². The summed E-state index contributed by atoms with van der Waals surface area (Å²) in [4.78, 5) is 29.3. The van der Waals surface area contributed by atoms with E-state index in [9.17, 15) is 9.59 Å². The molecule has 0 saturated carbocycles. The quantitative estimate of drug-likeness (QED) is 0.715. The molecule has 2 fully saturated rings. The van der Waals surface area contributed by atoms with Gasteiger partial charge in [-0.15, -0.1) is 12.4 Å². The molecule has 2 aliphatic heterocycles. The van der Waals surface area contributed by atoms with Crippen molar-refractivity contribution in [2.45, 2.75) is 19.3 Å². The van der Waals surface area contributed by atoms with Gasteiger partial charge in [-0.1, -0.05) is 18.2 Å². The van der Waals surface area contributed by atoms with Gasteiger partial charge in [-0.25, -0.2) is 0 Å². The maximum atomic E-state index is 12.6. The van der Waals surface area contributed by atoms with Crippen molar-refractivity contribution < 1.29 is 9.59 Å². The Morgan fingerprint density at radius 2 is 1.85 bits per heavy atom. The summed E-state index contributed by atoms with van der Waals surface area (Å²) in [6, 6.07) is 9.33. The van der Waals surface area contributed by atoms with Crippen LogP contribution in [0.3, 0.4) is 0 Å². The molecule has 1 aromatic carbocycles. The Kier molecular flexibility index (Phi) is 9.04. The van der Waals surface area contributed by atoms with Gasteiger partial charge in [-0.2, -0.15) is 0 Å². The first kappa shape index (κ1) is 21.7. The maximum absolute atomic E-state index is 12.6. The van der Waals surface area contributed by atoms with Crippen LogP contribution in [0, 0.1) is 5.92 Å². The van der Waals surface area contributed by atoms with Crippen molar-refractivity contribution in [2.24, 2.45) is 5.92 Å². The topological polar surface area (TPSA) is 64.7 Å². The summed E-state index contributed by atoms with van der Waals surface area (Å²) in [6.45, 7) is 7.30. The van der Waals surface area contributed by atoms with Gasteiger partial charge in [0.1, 0.15) is 0 Å². The smallest absolute Gasteiger partial charge is 0.253 e. The fourth-order valence-electron chi connectivity index (χ4n) is 3.73. The van der Waals surface area contributed by atoms with E-state index in [1.807, 2.05) is 35.2 Å². The number of piperidine rings is 1. The van der Waals surface area contributed by atoms with E-state index < -0.39 is 0 Å². The number of rotatable bonds is 6. The number of likely N-dealkylation sites (tertiary alicyclic amines) is 1. The number of nitrogens with one attached hydrogen (secondary N) is 2. The largest absolute Gasteiger partial charge is 0.356 e. The predicted octanol–water partition coefficient (Wildman–Crippen LogP) is 1.37. The minimum absolute atomic E-state index is 0. The normalized spacial score (nSPS) is 20.6. The first-order valence-corrected chi connectivity index (χ1v) is 9.79. The molecule has 2 amide bonds. The van der Waals surface area contributed by atoms with E-state index in [0.717, 1.165) is 58.5 Å². The van der Waals surface area contributed by atoms with E-state index >= 15 is 0 Å². The third kappa shape index (κ3) is 6.48. The highest BCUT2D eigenvalue weighted by atomic mass is 35.5. The second kappa shape index (κ2) is 11.3. The second-order valence-corrected chi connectivity index (χ2v) is 7.19. The summed E-state index contributed by atoms with van der Waals surface area (Å²) in [5.74, 6) is 0.0354. The lowest BCUT2D eigenvalue weighted by Gasteiger charge is -2.32. The zero-order chi connectivity index (χ0) is 18.2. The molecule has 6 nitrogen and oxygen atoms in total. The van der Waals surface area contributed by atoms with Gasteiger partial charge in [0.05, 0.1) is 5.92 Å². The second-order valence-electron chi connectivity index (χ2n) is 7.19. The number of hydrogen-bond acceptors (Lipinski definition) is 4. The lowest BCUT2D eigenvalue weighted by atomic mass is 9.96. The van der Waals surface area contributed by atoms with E-state index in [1.165, 1.54) is 0 Å². The van der Waals surface area contributed by atoms with Crippen molar-refractivity contribution in [1.29, 1.82) is 0 Å². The SMILES string of the molecule is Cl.O=C(NCCCN1CCNCC1)C1CCCN(C(=O)c2ccccc2)C1. The molecule has 150 valence electrons. The Morgan fingerprint density at radius 3 is 2.59 bits per heavy atom. The molecule has 0 bridgehead atoms. The van der Waals surface area contributed by atoms with Crippen molar-refractivity contribution >= 4 is 24.2 Å². The molecule has 0 aromatic heterocycles. The van der Waals surface area contributed by atoms with Gasteiger partial charge in [0.2, 0.25) is 5.91 Å². The van der Waals surface area contributed by atoms with Crippen LogP contribution in [0.25, 0.3) is 0 Å². The van der Waals surface area contributed by atoms with Gasteiger partial charge in [0, 0.05) is 51.4 Å². The van der Waals surface area contributed by atoms with Crippen LogP contribution in [0.5, 0.6) is 0 Å². The fourth-order valence-corrected chi connectivity index (χ4v) is 3.73. The van der Waals surface area contributed by atoms with E-state index in [2.05, 4.69) is 15.5 Å². The minimum Gasteiger partial charge on any atom is -0.356 e. The first-order valence-electron chi connectivity index (χ1n) is 9.79. The first-order chi connectivity index (χ1) is 12.7. The Hall–Kier alpha value is -1.63. The number of hydrogen-bond donors (Lipinski definition) is 2. The number of carbonyl (C=O) groups is 2. The van der Waals surface area contributed by atoms with Crippen LogP contribution >= 0.6 is 12.4 Å². The predicted molar refractivity (Wildman–Crippen MR) is 109 cm³/mol. The molecule has 2 N–H and O–H groups in total. The summed E-state index contributed by atoms with van der Waals surface area (Å²) in [5, 5.41) is 6.42. The highest BCUT2D eigenvalue weighted by Crippen LogP contribution is 2.19. The monoisotopic (exact) mass is 394 g/mol. The minimum atomic E-state index is -0.0874. The van der Waals surface area contributed by atoms with Crippen molar-refractivity contribution in [1.82, 2.24) is 20.4 Å². The number of nitrogens with zero attached hydrogens (tertiary/aromatic N) is 2. The van der Waals surface area contributed by atoms with Gasteiger partial charge in [0.15, 0.2) is 0 Å². The molecular weight excluding hydrogens is 364 g/mol. The number of amides is 2. The van der Waals surface area contributed by atoms with Crippen LogP contribution in [-0.2, 0) is 4.79 Å². The van der Waals surface area contributed by atoms with Crippen molar-refractivity contribution in [2.75, 3.05) is 52.4 Å². The molecule has 1 atom stereocenters. The molecule has 3 rings (SSSR count). The van der Waals surface area contributed by atoms with Gasteiger partial charge >= 0.3 is 0 Å². The van der Waals surface area contributed by atoms with Gasteiger partial charge < -0.3 is 20.4 Å². The summed E-state index contributed by atoms with van der Waals surface area (Å²) in [6.07, 6.45) is 2.73. The zero-order valence-corrected chi connectivity index (χ0v) is 16.7. The summed E-state index contributed by atoms with van der Waals surface area (Å²) in [7, 11) is 0. The van der Waals surface area contributed by atoms with Crippen molar-refractivity contribution in [3.8, 4) is 0 Å². The Bertz CT molecular complexity index is 593. The summed E-state index contributed by atoms with van der Waals surface area (Å²) in [5.41, 5.74) is 0.699. The number of benzene rings is 1. The third-order valence-corrected chi connectivity index (χ3v) is 5.26. The molecule has 0 aliphatic carbocycles. The zero-order valence-electron chi connectivity index (χ0n) is 15.9. The molecular formula is C20H31ClN4O2. The Labute approximate surface area is 168 Å². The van der Waals surface area contributed by atoms with Gasteiger partial charge in [0.25, 0.3) is 5.91 Å². The standard InChI is InChI=1S/C20H30N4O2.ClH/c25-19(22-9-5-12-23-14-10-21-11-15-23)18-8-4-13-24(16-18)20(26)17-6-2-1-3-7-17;/h1-3,6-7,18,21H,4-5,8-16H2,(H,22,25);1H. The van der Waals surface area contributed by atoms with E-state index in [0.29, 0.717) is 18.7 Å². The van der Waals surface area contributed by atoms with Crippen LogP contribution in [0.2, 0.25) is 0 Å². The van der Waals surface area contributed by atoms with Crippen LogP contribution in [0.1, 0.15) is 29.6 Å². The molecule has 1 unspecified atom stereocenters. The molecule has 0 radical (unpaired) electrons. The molecule has 27 heavy (non-hydrogen) atoms. The number of halogens is 1. The highest BCUT2D eigenvalue weighted by molar-refractivity contribution is 5.94. The molecule has 2 saturated heterocycles. The molecule has 0 spiro atoms. The average molecular weight is 395 g/mol. The molecule has 7 heteroatoms. The fraction of sp³-hybridized carbons (Fsp3) is 0.600.